The van der Waals surface area contributed by atoms with E-state index in [4.69, 9.17) is 0 Å². The van der Waals surface area contributed by atoms with Crippen molar-refractivity contribution in [2.24, 2.45) is 5.92 Å². The van der Waals surface area contributed by atoms with E-state index in [0.29, 0.717) is 5.41 Å². The van der Waals surface area contributed by atoms with Crippen LogP contribution in [0.25, 0.3) is 0 Å². The lowest BCUT2D eigenvalue weighted by atomic mass is 9.80. The minimum absolute atomic E-state index is 0.267. The molecule has 0 heteroatoms. The highest BCUT2D eigenvalue weighted by Gasteiger charge is 2.46. The molecule has 1 aliphatic rings. The van der Waals surface area contributed by atoms with E-state index in [0.717, 1.165) is 5.92 Å². The molecular formula is C16H24. The molecule has 0 unspecified atom stereocenters. The zero-order valence-corrected chi connectivity index (χ0v) is 11.3. The molecule has 0 spiro atoms. The second-order valence-electron chi connectivity index (χ2n) is 6.64. The molecule has 0 heterocycles. The fourth-order valence-corrected chi connectivity index (χ4v) is 2.63. The van der Waals surface area contributed by atoms with E-state index in [-0.39, 0.29) is 5.41 Å². The first-order chi connectivity index (χ1) is 7.36. The molecule has 0 radical (unpaired) electrons. The highest BCUT2D eigenvalue weighted by Crippen LogP contribution is 2.54. The molecular weight excluding hydrogens is 192 g/mol. The first-order valence-corrected chi connectivity index (χ1v) is 6.47. The third-order valence-electron chi connectivity index (χ3n) is 4.20. The maximum absolute atomic E-state index is 2.44. The van der Waals surface area contributed by atoms with Gasteiger partial charge in [0.2, 0.25) is 0 Å². The van der Waals surface area contributed by atoms with Crippen molar-refractivity contribution in [3.05, 3.63) is 35.4 Å². The summed E-state index contributed by atoms with van der Waals surface area (Å²) in [7, 11) is 0. The quantitative estimate of drug-likeness (QED) is 0.674. The van der Waals surface area contributed by atoms with Gasteiger partial charge in [0.1, 0.15) is 0 Å². The Labute approximate surface area is 100 Å². The van der Waals surface area contributed by atoms with Crippen LogP contribution in [0.5, 0.6) is 0 Å². The van der Waals surface area contributed by atoms with E-state index in [9.17, 15) is 0 Å². The minimum atomic E-state index is 0.267. The second-order valence-corrected chi connectivity index (χ2v) is 6.64. The summed E-state index contributed by atoms with van der Waals surface area (Å²) >= 11 is 0. The summed E-state index contributed by atoms with van der Waals surface area (Å²) in [6.07, 6.45) is 2.75. The summed E-state index contributed by atoms with van der Waals surface area (Å²) in [5.41, 5.74) is 3.80. The summed E-state index contributed by atoms with van der Waals surface area (Å²) in [5, 5.41) is 0. The SMILES string of the molecule is CC(C)C1(c2cccc(C(C)(C)C)c2)CC1. The zero-order chi connectivity index (χ0) is 12.0. The van der Waals surface area contributed by atoms with Gasteiger partial charge in [-0.15, -0.1) is 0 Å². The Kier molecular flexibility index (Phi) is 2.64. The van der Waals surface area contributed by atoms with Gasteiger partial charge < -0.3 is 0 Å². The van der Waals surface area contributed by atoms with E-state index in [1.165, 1.54) is 18.4 Å². The smallest absolute Gasteiger partial charge is 0.00233 e. The second kappa shape index (κ2) is 3.61. The Hall–Kier alpha value is -0.780. The van der Waals surface area contributed by atoms with Crippen molar-refractivity contribution in [2.45, 2.75) is 58.3 Å². The maximum atomic E-state index is 2.44. The van der Waals surface area contributed by atoms with Gasteiger partial charge in [-0.05, 0) is 40.7 Å². The van der Waals surface area contributed by atoms with Crippen molar-refractivity contribution >= 4 is 0 Å². The lowest BCUT2D eigenvalue weighted by Gasteiger charge is -2.24. The number of hydrogen-bond acceptors (Lipinski definition) is 0. The molecule has 0 nitrogen and oxygen atoms in total. The summed E-state index contributed by atoms with van der Waals surface area (Å²) < 4.78 is 0. The van der Waals surface area contributed by atoms with Crippen molar-refractivity contribution in [2.75, 3.05) is 0 Å². The predicted molar refractivity (Wildman–Crippen MR) is 70.9 cm³/mol. The van der Waals surface area contributed by atoms with E-state index in [2.05, 4.69) is 58.9 Å². The van der Waals surface area contributed by atoms with E-state index >= 15 is 0 Å². The summed E-state index contributed by atoms with van der Waals surface area (Å²) in [4.78, 5) is 0. The van der Waals surface area contributed by atoms with Crippen LogP contribution in [0.1, 0.15) is 58.6 Å². The normalized spacial score (nSPS) is 18.9. The van der Waals surface area contributed by atoms with Gasteiger partial charge in [-0.1, -0.05) is 58.9 Å². The molecule has 1 aromatic rings. The van der Waals surface area contributed by atoms with Crippen molar-refractivity contribution in [3.63, 3.8) is 0 Å². The molecule has 0 N–H and O–H groups in total. The number of benzene rings is 1. The highest BCUT2D eigenvalue weighted by molar-refractivity contribution is 5.37. The van der Waals surface area contributed by atoms with E-state index in [1.807, 2.05) is 0 Å². The molecule has 1 saturated carbocycles. The van der Waals surface area contributed by atoms with Gasteiger partial charge in [-0.3, -0.25) is 0 Å². The first-order valence-electron chi connectivity index (χ1n) is 6.47. The van der Waals surface area contributed by atoms with Crippen molar-refractivity contribution in [1.82, 2.24) is 0 Å². The summed E-state index contributed by atoms with van der Waals surface area (Å²) in [5.74, 6) is 0.766. The fourth-order valence-electron chi connectivity index (χ4n) is 2.63. The lowest BCUT2D eigenvalue weighted by Crippen LogP contribution is -2.17. The molecule has 1 aliphatic carbocycles. The third-order valence-corrected chi connectivity index (χ3v) is 4.20. The van der Waals surface area contributed by atoms with Crippen LogP contribution in [-0.2, 0) is 10.8 Å². The van der Waals surface area contributed by atoms with E-state index < -0.39 is 0 Å². The Morgan fingerprint density at radius 3 is 2.19 bits per heavy atom. The van der Waals surface area contributed by atoms with Gasteiger partial charge in [0, 0.05) is 0 Å². The topological polar surface area (TPSA) is 0 Å². The average molecular weight is 216 g/mol. The molecule has 88 valence electrons. The molecule has 0 aliphatic heterocycles. The lowest BCUT2D eigenvalue weighted by molar-refractivity contribution is 0.479. The molecule has 16 heavy (non-hydrogen) atoms. The van der Waals surface area contributed by atoms with Gasteiger partial charge in [0.15, 0.2) is 0 Å². The molecule has 0 bridgehead atoms. The Bertz CT molecular complexity index is 375. The summed E-state index contributed by atoms with van der Waals surface area (Å²) in [6, 6.07) is 9.26. The van der Waals surface area contributed by atoms with Crippen LogP contribution in [0, 0.1) is 5.92 Å². The van der Waals surface area contributed by atoms with Gasteiger partial charge in [0.05, 0.1) is 0 Å². The van der Waals surface area contributed by atoms with Gasteiger partial charge >= 0.3 is 0 Å². The van der Waals surface area contributed by atoms with Crippen LogP contribution in [0.15, 0.2) is 24.3 Å². The first kappa shape index (κ1) is 11.7. The molecule has 0 atom stereocenters. The van der Waals surface area contributed by atoms with Crippen LogP contribution in [0.3, 0.4) is 0 Å². The Morgan fingerprint density at radius 1 is 1.12 bits per heavy atom. The Morgan fingerprint density at radius 2 is 1.75 bits per heavy atom. The monoisotopic (exact) mass is 216 g/mol. The van der Waals surface area contributed by atoms with E-state index in [1.54, 1.807) is 5.56 Å². The molecule has 0 amide bonds. The van der Waals surface area contributed by atoms with Crippen LogP contribution in [0.2, 0.25) is 0 Å². The number of rotatable bonds is 2. The zero-order valence-electron chi connectivity index (χ0n) is 11.3. The fraction of sp³-hybridized carbons (Fsp3) is 0.625. The van der Waals surface area contributed by atoms with Gasteiger partial charge in [-0.2, -0.15) is 0 Å². The molecule has 2 rings (SSSR count). The van der Waals surface area contributed by atoms with Crippen molar-refractivity contribution in [3.8, 4) is 0 Å². The largest absolute Gasteiger partial charge is 0.0619 e. The van der Waals surface area contributed by atoms with Gasteiger partial charge in [0.25, 0.3) is 0 Å². The number of hydrogen-bond donors (Lipinski definition) is 0. The van der Waals surface area contributed by atoms with Crippen LogP contribution in [0.4, 0.5) is 0 Å². The average Bonchev–Trinajstić information content (AvgIpc) is 2.97. The van der Waals surface area contributed by atoms with Crippen molar-refractivity contribution < 1.29 is 0 Å². The molecule has 1 aromatic carbocycles. The summed E-state index contributed by atoms with van der Waals surface area (Å²) in [6.45, 7) is 11.6. The van der Waals surface area contributed by atoms with Crippen molar-refractivity contribution in [1.29, 1.82) is 0 Å². The standard InChI is InChI=1S/C16H24/c1-12(2)16(9-10-16)14-8-6-7-13(11-14)15(3,4)5/h6-8,11-12H,9-10H2,1-5H3. The molecule has 1 fully saturated rings. The van der Waals surface area contributed by atoms with Crippen LogP contribution in [-0.4, -0.2) is 0 Å². The Balaban J connectivity index is 2.37. The predicted octanol–water partition coefficient (Wildman–Crippen LogP) is 4.67. The molecule has 0 saturated heterocycles. The minimum Gasteiger partial charge on any atom is -0.0619 e. The molecule has 0 aromatic heterocycles. The highest BCUT2D eigenvalue weighted by atomic mass is 14.5. The van der Waals surface area contributed by atoms with Crippen LogP contribution >= 0.6 is 0 Å². The maximum Gasteiger partial charge on any atom is -0.00233 e. The third kappa shape index (κ3) is 1.90. The van der Waals surface area contributed by atoms with Crippen LogP contribution < -0.4 is 0 Å². The van der Waals surface area contributed by atoms with Gasteiger partial charge in [-0.25, -0.2) is 0 Å².